The van der Waals surface area contributed by atoms with Gasteiger partial charge in [-0.25, -0.2) is 0 Å². The summed E-state index contributed by atoms with van der Waals surface area (Å²) in [7, 11) is 4.58. The van der Waals surface area contributed by atoms with Crippen molar-refractivity contribution in [1.29, 1.82) is 0 Å². The molecule has 1 heterocycles. The normalized spacial score (nSPS) is 24.9. The molecular weight excluding hydrogens is 388 g/mol. The van der Waals surface area contributed by atoms with E-state index in [1.54, 1.807) is 11.3 Å². The maximum absolute atomic E-state index is 3.92. The molecule has 0 unspecified atom stereocenters. The molecule has 2 saturated carbocycles. The maximum atomic E-state index is 3.92. The molecule has 0 bridgehead atoms. The largest absolute Gasteiger partial charge is 0.358 e. The Labute approximate surface area is 194 Å². The first-order valence-electron chi connectivity index (χ1n) is 13.0. The van der Waals surface area contributed by atoms with E-state index in [1.165, 1.54) is 80.7 Å². The van der Waals surface area contributed by atoms with Crippen LogP contribution in [-0.4, -0.2) is 29.5 Å². The van der Waals surface area contributed by atoms with Gasteiger partial charge in [-0.05, 0) is 81.6 Å². The minimum atomic E-state index is 0.285. The molecule has 0 atom stereocenters. The molecule has 2 aliphatic carbocycles. The van der Waals surface area contributed by atoms with Gasteiger partial charge in [0.15, 0.2) is 0 Å². The molecule has 0 amide bonds. The van der Waals surface area contributed by atoms with Gasteiger partial charge in [0.25, 0.3) is 0 Å². The zero-order chi connectivity index (χ0) is 22.0. The Bertz CT molecular complexity index is 1000. The first-order valence-corrected chi connectivity index (χ1v) is 13.0. The Morgan fingerprint density at radius 3 is 2.25 bits per heavy atom. The average molecular weight is 429 g/mol. The van der Waals surface area contributed by atoms with Crippen molar-refractivity contribution in [2.24, 2.45) is 5.92 Å². The summed E-state index contributed by atoms with van der Waals surface area (Å²) >= 11 is 0. The quantitative estimate of drug-likeness (QED) is 0.431. The summed E-state index contributed by atoms with van der Waals surface area (Å²) in [6.45, 7) is 0. The second-order valence-electron chi connectivity index (χ2n) is 10.8. The maximum Gasteiger partial charge on any atom is 0.0459 e. The van der Waals surface area contributed by atoms with Crippen molar-refractivity contribution >= 4 is 10.9 Å². The van der Waals surface area contributed by atoms with E-state index in [4.69, 9.17) is 0 Å². The lowest BCUT2D eigenvalue weighted by Gasteiger charge is -2.45. The van der Waals surface area contributed by atoms with Gasteiger partial charge in [-0.2, -0.15) is 0 Å². The van der Waals surface area contributed by atoms with Crippen LogP contribution in [0, 0.1) is 5.92 Å². The van der Waals surface area contributed by atoms with Gasteiger partial charge >= 0.3 is 0 Å². The molecule has 0 saturated heterocycles. The van der Waals surface area contributed by atoms with Gasteiger partial charge in [0.1, 0.15) is 0 Å². The Hall–Kier alpha value is -2.06. The minimum Gasteiger partial charge on any atom is -0.358 e. The summed E-state index contributed by atoms with van der Waals surface area (Å²) in [6.07, 6.45) is 14.7. The Balaban J connectivity index is 1.38. The number of rotatable bonds is 6. The molecule has 0 aliphatic heterocycles. The highest BCUT2D eigenvalue weighted by molar-refractivity contribution is 5.85. The van der Waals surface area contributed by atoms with Crippen molar-refractivity contribution in [3.8, 4) is 0 Å². The van der Waals surface area contributed by atoms with Crippen molar-refractivity contribution in [3.05, 3.63) is 71.4 Å². The Kier molecular flexibility index (Phi) is 6.42. The number of likely N-dealkylation sites (N-methyl/N-ethyl adjacent to an activating group) is 1. The lowest BCUT2D eigenvalue weighted by molar-refractivity contribution is 0.0920. The van der Waals surface area contributed by atoms with Crippen LogP contribution in [0.1, 0.15) is 80.5 Å². The molecule has 3 aromatic rings. The number of nitrogens with zero attached hydrogens (tertiary/aromatic N) is 1. The van der Waals surface area contributed by atoms with Crippen molar-refractivity contribution in [3.63, 3.8) is 0 Å². The van der Waals surface area contributed by atoms with Gasteiger partial charge in [-0.1, -0.05) is 80.6 Å². The SMILES string of the molecule is CN(C)C1(Cc2ccccc2)CCC(c2[nH]c3ccccc3c2CC2CCCCC2)CC1. The van der Waals surface area contributed by atoms with Crippen LogP contribution < -0.4 is 0 Å². The number of hydrogen-bond donors (Lipinski definition) is 1. The molecule has 2 aromatic carbocycles. The molecule has 0 spiro atoms. The fourth-order valence-corrected chi connectivity index (χ4v) is 6.67. The van der Waals surface area contributed by atoms with E-state index in [9.17, 15) is 0 Å². The van der Waals surface area contributed by atoms with Crippen LogP contribution in [0.4, 0.5) is 0 Å². The fraction of sp³-hybridized carbons (Fsp3) is 0.533. The number of aromatic nitrogens is 1. The predicted octanol–water partition coefficient (Wildman–Crippen LogP) is 7.49. The van der Waals surface area contributed by atoms with Gasteiger partial charge in [0.2, 0.25) is 0 Å². The van der Waals surface area contributed by atoms with Crippen LogP contribution in [0.5, 0.6) is 0 Å². The van der Waals surface area contributed by atoms with Crippen LogP contribution in [0.2, 0.25) is 0 Å². The lowest BCUT2D eigenvalue weighted by Crippen LogP contribution is -2.48. The average Bonchev–Trinajstić information content (AvgIpc) is 3.19. The first kappa shape index (κ1) is 21.8. The van der Waals surface area contributed by atoms with Crippen LogP contribution in [0.25, 0.3) is 10.9 Å². The van der Waals surface area contributed by atoms with Gasteiger partial charge in [-0.15, -0.1) is 0 Å². The van der Waals surface area contributed by atoms with Crippen molar-refractivity contribution in [2.75, 3.05) is 14.1 Å². The molecule has 32 heavy (non-hydrogen) atoms. The summed E-state index contributed by atoms with van der Waals surface area (Å²) in [5.41, 5.74) is 6.33. The van der Waals surface area contributed by atoms with Crippen LogP contribution in [-0.2, 0) is 12.8 Å². The summed E-state index contributed by atoms with van der Waals surface area (Å²) < 4.78 is 0. The van der Waals surface area contributed by atoms with Crippen molar-refractivity contribution in [2.45, 2.75) is 82.1 Å². The van der Waals surface area contributed by atoms with Crippen LogP contribution in [0.3, 0.4) is 0 Å². The topological polar surface area (TPSA) is 19.0 Å². The fourth-order valence-electron chi connectivity index (χ4n) is 6.67. The second-order valence-corrected chi connectivity index (χ2v) is 10.8. The molecule has 5 rings (SSSR count). The molecule has 1 aromatic heterocycles. The van der Waals surface area contributed by atoms with Crippen LogP contribution >= 0.6 is 0 Å². The zero-order valence-corrected chi connectivity index (χ0v) is 20.1. The van der Waals surface area contributed by atoms with E-state index in [1.807, 2.05) is 0 Å². The Morgan fingerprint density at radius 1 is 0.844 bits per heavy atom. The monoisotopic (exact) mass is 428 g/mol. The number of fused-ring (bicyclic) bond motifs is 1. The van der Waals surface area contributed by atoms with Gasteiger partial charge < -0.3 is 9.88 Å². The number of aromatic amines is 1. The molecule has 2 fully saturated rings. The van der Waals surface area contributed by atoms with Crippen LogP contribution in [0.15, 0.2) is 54.6 Å². The van der Waals surface area contributed by atoms with Gasteiger partial charge in [0, 0.05) is 22.1 Å². The third-order valence-corrected chi connectivity index (χ3v) is 8.71. The number of nitrogens with one attached hydrogen (secondary N) is 1. The highest BCUT2D eigenvalue weighted by atomic mass is 15.1. The second kappa shape index (κ2) is 9.43. The molecular formula is C30H40N2. The summed E-state index contributed by atoms with van der Waals surface area (Å²) in [4.78, 5) is 6.43. The molecule has 1 N–H and O–H groups in total. The number of H-pyrrole nitrogens is 1. The standard InChI is InChI=1S/C30H40N2/c1-32(2)30(22-24-13-7-4-8-14-24)19-17-25(18-20-30)29-27(21-23-11-5-3-6-12-23)26-15-9-10-16-28(26)31-29/h4,7-10,13-16,23,25,31H,3,5-6,11-12,17-22H2,1-2H3. The molecule has 2 aliphatic rings. The van der Waals surface area contributed by atoms with Gasteiger partial charge in [0.05, 0.1) is 0 Å². The molecule has 0 radical (unpaired) electrons. The van der Waals surface area contributed by atoms with E-state index in [0.717, 1.165) is 12.3 Å². The van der Waals surface area contributed by atoms with E-state index < -0.39 is 0 Å². The number of para-hydroxylation sites is 1. The Morgan fingerprint density at radius 2 is 1.53 bits per heavy atom. The number of hydrogen-bond acceptors (Lipinski definition) is 1. The summed E-state index contributed by atoms with van der Waals surface area (Å²) in [6, 6.07) is 20.2. The molecule has 170 valence electrons. The summed E-state index contributed by atoms with van der Waals surface area (Å²) in [5, 5.41) is 1.49. The van der Waals surface area contributed by atoms with E-state index >= 15 is 0 Å². The van der Waals surface area contributed by atoms with E-state index in [0.29, 0.717) is 5.92 Å². The highest BCUT2D eigenvalue weighted by Gasteiger charge is 2.38. The third-order valence-electron chi connectivity index (χ3n) is 8.71. The van der Waals surface area contributed by atoms with Gasteiger partial charge in [-0.3, -0.25) is 0 Å². The van der Waals surface area contributed by atoms with E-state index in [2.05, 4.69) is 78.6 Å². The third kappa shape index (κ3) is 4.39. The first-order chi connectivity index (χ1) is 15.6. The minimum absolute atomic E-state index is 0.285. The summed E-state index contributed by atoms with van der Waals surface area (Å²) in [5.74, 6) is 1.55. The number of benzene rings is 2. The van der Waals surface area contributed by atoms with Crippen molar-refractivity contribution in [1.82, 2.24) is 9.88 Å². The molecule has 2 heteroatoms. The van der Waals surface area contributed by atoms with E-state index in [-0.39, 0.29) is 5.54 Å². The zero-order valence-electron chi connectivity index (χ0n) is 20.1. The highest BCUT2D eigenvalue weighted by Crippen LogP contribution is 2.44. The smallest absolute Gasteiger partial charge is 0.0459 e. The van der Waals surface area contributed by atoms with Crippen molar-refractivity contribution < 1.29 is 0 Å². The lowest BCUT2D eigenvalue weighted by atomic mass is 9.71. The molecule has 2 nitrogen and oxygen atoms in total. The predicted molar refractivity (Wildman–Crippen MR) is 136 cm³/mol.